The van der Waals surface area contributed by atoms with Crippen molar-refractivity contribution in [1.29, 1.82) is 0 Å². The molecule has 14 heteroatoms. The number of nitrogens with zero attached hydrogens (tertiary/aromatic N) is 5. The highest BCUT2D eigenvalue weighted by Gasteiger charge is 2.44. The molecule has 3 aromatic carbocycles. The smallest absolute Gasteiger partial charge is 0.262 e. The summed E-state index contributed by atoms with van der Waals surface area (Å²) in [6.45, 7) is 13.7. The average Bonchev–Trinajstić information content (AvgIpc) is 3.91. The summed E-state index contributed by atoms with van der Waals surface area (Å²) < 4.78 is 13.4. The van der Waals surface area contributed by atoms with Crippen molar-refractivity contribution in [2.75, 3.05) is 50.0 Å². The first kappa shape index (κ1) is 44.5. The second-order valence-corrected chi connectivity index (χ2v) is 17.3. The molecular formula is C50H60N8O6. The zero-order valence-electron chi connectivity index (χ0n) is 37.2. The maximum atomic E-state index is 13.2. The molecule has 0 radical (unpaired) electrons. The standard InChI is InChI=1S/C50H60N8O6/c1-33-12-21-44(48(60)52-33)58-49(61)40-20-19-39(32-41(40)50(58)62)51-24-10-8-6-4-5-7-9-11-46(59)53-38-17-13-36(14-18-38)15-23-45-54-42-31-37(47-34(2)55-64-35(47)3)16-22-43(42)57(45)26-25-56-27-29-63-30-28-56/h13-14,16-20,22,31-32,44,51H,1,4-12,15,21,23-30H2,2-3H3,(H,52,60)(H,53,59). The van der Waals surface area contributed by atoms with E-state index in [-0.39, 0.29) is 11.8 Å². The van der Waals surface area contributed by atoms with E-state index in [0.717, 1.165) is 159 Å². The van der Waals surface area contributed by atoms with E-state index in [0.29, 0.717) is 36.1 Å². The Kier molecular flexibility index (Phi) is 14.3. The van der Waals surface area contributed by atoms with Gasteiger partial charge in [-0.15, -0.1) is 0 Å². The summed E-state index contributed by atoms with van der Waals surface area (Å²) in [6, 6.07) is 19.0. The first-order valence-electron chi connectivity index (χ1n) is 23.0. The first-order chi connectivity index (χ1) is 31.1. The number of aryl methyl sites for hydroxylation is 4. The van der Waals surface area contributed by atoms with E-state index in [4.69, 9.17) is 14.2 Å². The quantitative estimate of drug-likeness (QED) is 0.0516. The molecule has 2 fully saturated rings. The molecule has 336 valence electrons. The highest BCUT2D eigenvalue weighted by atomic mass is 16.5. The SMILES string of the molecule is C=C1CCC(N2C(=O)c3ccc(NCCCCCCCCCC(=O)Nc4ccc(CCc5nc6cc(-c7c(C)noc7C)ccc6n5CCN5CCOCC5)cc4)cc3C2=O)C(=O)N1. The van der Waals surface area contributed by atoms with E-state index in [1.54, 1.807) is 12.1 Å². The molecule has 0 bridgehead atoms. The van der Waals surface area contributed by atoms with Gasteiger partial charge in [0.1, 0.15) is 17.6 Å². The number of piperidine rings is 1. The lowest BCUT2D eigenvalue weighted by Crippen LogP contribution is -2.51. The van der Waals surface area contributed by atoms with Gasteiger partial charge in [0.25, 0.3) is 11.8 Å². The molecule has 2 saturated heterocycles. The van der Waals surface area contributed by atoms with E-state index in [1.807, 2.05) is 32.0 Å². The van der Waals surface area contributed by atoms with E-state index in [1.165, 1.54) is 5.56 Å². The number of unbranched alkanes of at least 4 members (excludes halogenated alkanes) is 6. The maximum Gasteiger partial charge on any atom is 0.262 e. The largest absolute Gasteiger partial charge is 0.385 e. The van der Waals surface area contributed by atoms with Gasteiger partial charge in [0, 0.05) is 68.2 Å². The van der Waals surface area contributed by atoms with E-state index in [9.17, 15) is 19.2 Å². The van der Waals surface area contributed by atoms with Gasteiger partial charge in [-0.1, -0.05) is 62.0 Å². The van der Waals surface area contributed by atoms with Crippen molar-refractivity contribution in [2.45, 2.75) is 103 Å². The van der Waals surface area contributed by atoms with Crippen LogP contribution in [-0.4, -0.2) is 93.6 Å². The number of carbonyl (C=O) groups is 4. The third-order valence-corrected chi connectivity index (χ3v) is 12.7. The number of ether oxygens (including phenoxy) is 1. The number of rotatable bonds is 20. The molecule has 5 aromatic rings. The first-order valence-corrected chi connectivity index (χ1v) is 23.0. The molecule has 3 aliphatic rings. The molecule has 0 saturated carbocycles. The van der Waals surface area contributed by atoms with Crippen LogP contribution in [0, 0.1) is 13.8 Å². The van der Waals surface area contributed by atoms with Crippen molar-refractivity contribution < 1.29 is 28.4 Å². The van der Waals surface area contributed by atoms with Crippen molar-refractivity contribution >= 4 is 46.0 Å². The summed E-state index contributed by atoms with van der Waals surface area (Å²) in [5.41, 5.74) is 9.13. The summed E-state index contributed by atoms with van der Waals surface area (Å²) in [6.07, 6.45) is 10.3. The van der Waals surface area contributed by atoms with Crippen LogP contribution in [-0.2, 0) is 33.7 Å². The van der Waals surface area contributed by atoms with Crippen LogP contribution < -0.4 is 16.0 Å². The van der Waals surface area contributed by atoms with Gasteiger partial charge >= 0.3 is 0 Å². The summed E-state index contributed by atoms with van der Waals surface area (Å²) in [5, 5.41) is 13.3. The Morgan fingerprint density at radius 2 is 1.58 bits per heavy atom. The number of carbonyl (C=O) groups excluding carboxylic acids is 4. The van der Waals surface area contributed by atoms with Gasteiger partial charge in [-0.3, -0.25) is 29.0 Å². The number of benzene rings is 3. The fraction of sp³-hybridized carbons (Fsp3) is 0.440. The molecule has 14 nitrogen and oxygen atoms in total. The van der Waals surface area contributed by atoms with E-state index in [2.05, 4.69) is 67.5 Å². The molecule has 64 heavy (non-hydrogen) atoms. The highest BCUT2D eigenvalue weighted by Crippen LogP contribution is 2.32. The fourth-order valence-corrected chi connectivity index (χ4v) is 9.16. The van der Waals surface area contributed by atoms with Crippen molar-refractivity contribution in [3.8, 4) is 11.1 Å². The average molecular weight is 869 g/mol. The number of imide groups is 1. The zero-order chi connectivity index (χ0) is 44.6. The van der Waals surface area contributed by atoms with Crippen LogP contribution in [0.15, 0.2) is 77.5 Å². The predicted octanol–water partition coefficient (Wildman–Crippen LogP) is 7.99. The van der Waals surface area contributed by atoms with E-state index < -0.39 is 17.9 Å². The van der Waals surface area contributed by atoms with Crippen LogP contribution in [0.2, 0.25) is 0 Å². The highest BCUT2D eigenvalue weighted by molar-refractivity contribution is 6.23. The minimum atomic E-state index is -0.813. The number of morpholine rings is 1. The number of fused-ring (bicyclic) bond motifs is 2. The summed E-state index contributed by atoms with van der Waals surface area (Å²) in [5.74, 6) is 0.696. The van der Waals surface area contributed by atoms with Crippen molar-refractivity contribution in [3.05, 3.63) is 107 Å². The minimum absolute atomic E-state index is 0.0415. The van der Waals surface area contributed by atoms with Gasteiger partial charge in [-0.05, 0) is 99.5 Å². The molecule has 0 spiro atoms. The normalized spacial score (nSPS) is 16.7. The predicted molar refractivity (Wildman–Crippen MR) is 247 cm³/mol. The van der Waals surface area contributed by atoms with Crippen molar-refractivity contribution in [3.63, 3.8) is 0 Å². The Labute approximate surface area is 374 Å². The molecule has 1 atom stereocenters. The summed E-state index contributed by atoms with van der Waals surface area (Å²) in [7, 11) is 0. The molecule has 0 aliphatic carbocycles. The lowest BCUT2D eigenvalue weighted by molar-refractivity contribution is -0.125. The summed E-state index contributed by atoms with van der Waals surface area (Å²) in [4.78, 5) is 60.1. The Balaban J connectivity index is 0.724. The zero-order valence-corrected chi connectivity index (χ0v) is 37.2. The molecule has 3 aliphatic heterocycles. The monoisotopic (exact) mass is 868 g/mol. The Morgan fingerprint density at radius 3 is 2.33 bits per heavy atom. The van der Waals surface area contributed by atoms with Crippen LogP contribution in [0.25, 0.3) is 22.2 Å². The van der Waals surface area contributed by atoms with E-state index >= 15 is 0 Å². The number of nitrogens with one attached hydrogen (secondary N) is 3. The second-order valence-electron chi connectivity index (χ2n) is 17.3. The molecule has 4 amide bonds. The fourth-order valence-electron chi connectivity index (χ4n) is 9.16. The molecule has 2 aromatic heterocycles. The molecule has 8 rings (SSSR count). The number of anilines is 2. The molecule has 1 unspecified atom stereocenters. The van der Waals surface area contributed by atoms with Crippen LogP contribution in [0.4, 0.5) is 11.4 Å². The number of hydrogen-bond acceptors (Lipinski definition) is 10. The van der Waals surface area contributed by atoms with Gasteiger partial charge < -0.3 is 29.8 Å². The van der Waals surface area contributed by atoms with Gasteiger partial charge in [0.2, 0.25) is 11.8 Å². The third kappa shape index (κ3) is 10.5. The number of hydrogen-bond donors (Lipinski definition) is 3. The molecule has 5 heterocycles. The topological polar surface area (TPSA) is 164 Å². The van der Waals surface area contributed by atoms with Crippen molar-refractivity contribution in [1.82, 2.24) is 29.8 Å². The lowest BCUT2D eigenvalue weighted by atomic mass is 10.0. The number of amides is 4. The van der Waals surface area contributed by atoms with Gasteiger partial charge in [0.15, 0.2) is 0 Å². The second kappa shape index (κ2) is 20.6. The third-order valence-electron chi connectivity index (χ3n) is 12.7. The van der Waals surface area contributed by atoms with Crippen LogP contribution in [0.3, 0.4) is 0 Å². The Morgan fingerprint density at radius 1 is 0.844 bits per heavy atom. The van der Waals surface area contributed by atoms with Crippen LogP contribution in [0.1, 0.15) is 108 Å². The Bertz CT molecular complexity index is 2480. The summed E-state index contributed by atoms with van der Waals surface area (Å²) >= 11 is 0. The minimum Gasteiger partial charge on any atom is -0.385 e. The van der Waals surface area contributed by atoms with Gasteiger partial charge in [-0.25, -0.2) is 4.98 Å². The van der Waals surface area contributed by atoms with Gasteiger partial charge in [-0.2, -0.15) is 0 Å². The van der Waals surface area contributed by atoms with Crippen molar-refractivity contribution in [2.24, 2.45) is 0 Å². The number of imidazole rings is 1. The van der Waals surface area contributed by atoms with Crippen LogP contribution in [0.5, 0.6) is 0 Å². The molecule has 3 N–H and O–H groups in total. The number of allylic oxidation sites excluding steroid dienone is 1. The number of aromatic nitrogens is 3. The van der Waals surface area contributed by atoms with Gasteiger partial charge in [0.05, 0.1) is 41.1 Å². The van der Waals surface area contributed by atoms with Crippen LogP contribution >= 0.6 is 0 Å². The molecular weight excluding hydrogens is 809 g/mol. The maximum absolute atomic E-state index is 13.2. The lowest BCUT2D eigenvalue weighted by Gasteiger charge is -2.29. The Hall–Kier alpha value is -6.12.